The number of benzene rings is 1. The summed E-state index contributed by atoms with van der Waals surface area (Å²) >= 11 is 3.38. The standard InChI is InChI=1S/C13H18BrNO2/c1-4-15(5-2)13(16)17-10(3)11-6-8-12(14)9-7-11/h6-10H,4-5H2,1-3H3. The molecule has 1 unspecified atom stereocenters. The molecule has 1 aromatic carbocycles. The molecule has 0 aliphatic rings. The van der Waals surface area contributed by atoms with Crippen LogP contribution in [0.5, 0.6) is 0 Å². The summed E-state index contributed by atoms with van der Waals surface area (Å²) in [6, 6.07) is 7.78. The van der Waals surface area contributed by atoms with Gasteiger partial charge in [-0.2, -0.15) is 0 Å². The summed E-state index contributed by atoms with van der Waals surface area (Å²) in [5, 5.41) is 0. The Kier molecular flexibility index (Phi) is 5.48. The minimum Gasteiger partial charge on any atom is -0.442 e. The zero-order valence-electron chi connectivity index (χ0n) is 10.4. The quantitative estimate of drug-likeness (QED) is 0.841. The molecule has 0 heterocycles. The summed E-state index contributed by atoms with van der Waals surface area (Å²) in [7, 11) is 0. The Labute approximate surface area is 111 Å². The van der Waals surface area contributed by atoms with Gasteiger partial charge in [-0.1, -0.05) is 28.1 Å². The van der Waals surface area contributed by atoms with E-state index in [9.17, 15) is 4.79 Å². The van der Waals surface area contributed by atoms with E-state index in [-0.39, 0.29) is 12.2 Å². The summed E-state index contributed by atoms with van der Waals surface area (Å²) in [5.74, 6) is 0. The number of carbonyl (C=O) groups is 1. The van der Waals surface area contributed by atoms with Gasteiger partial charge in [-0.3, -0.25) is 0 Å². The zero-order valence-corrected chi connectivity index (χ0v) is 12.0. The molecule has 1 atom stereocenters. The van der Waals surface area contributed by atoms with Crippen LogP contribution in [-0.2, 0) is 4.74 Å². The number of hydrogen-bond acceptors (Lipinski definition) is 2. The summed E-state index contributed by atoms with van der Waals surface area (Å²) < 4.78 is 6.41. The predicted octanol–water partition coefficient (Wildman–Crippen LogP) is 3.99. The van der Waals surface area contributed by atoms with Crippen LogP contribution in [0.2, 0.25) is 0 Å². The Morgan fingerprint density at radius 2 is 1.82 bits per heavy atom. The largest absolute Gasteiger partial charge is 0.442 e. The third-order valence-electron chi connectivity index (χ3n) is 2.64. The lowest BCUT2D eigenvalue weighted by Crippen LogP contribution is -2.31. The highest BCUT2D eigenvalue weighted by Crippen LogP contribution is 2.20. The SMILES string of the molecule is CCN(CC)C(=O)OC(C)c1ccc(Br)cc1. The molecular formula is C13H18BrNO2. The molecule has 0 bridgehead atoms. The first-order valence-electron chi connectivity index (χ1n) is 5.79. The second-order valence-electron chi connectivity index (χ2n) is 3.75. The fraction of sp³-hybridized carbons (Fsp3) is 0.462. The number of nitrogens with zero attached hydrogens (tertiary/aromatic N) is 1. The van der Waals surface area contributed by atoms with Crippen molar-refractivity contribution >= 4 is 22.0 Å². The van der Waals surface area contributed by atoms with Crippen LogP contribution in [0.1, 0.15) is 32.4 Å². The number of ether oxygens (including phenoxy) is 1. The Morgan fingerprint density at radius 3 is 2.29 bits per heavy atom. The van der Waals surface area contributed by atoms with Gasteiger partial charge in [-0.05, 0) is 38.5 Å². The van der Waals surface area contributed by atoms with Crippen LogP contribution in [0.3, 0.4) is 0 Å². The van der Waals surface area contributed by atoms with E-state index in [1.165, 1.54) is 0 Å². The van der Waals surface area contributed by atoms with Gasteiger partial charge < -0.3 is 9.64 Å². The number of rotatable bonds is 4. The van der Waals surface area contributed by atoms with Crippen molar-refractivity contribution in [1.29, 1.82) is 0 Å². The molecule has 0 aliphatic heterocycles. The van der Waals surface area contributed by atoms with Crippen LogP contribution >= 0.6 is 15.9 Å². The van der Waals surface area contributed by atoms with Gasteiger partial charge >= 0.3 is 6.09 Å². The van der Waals surface area contributed by atoms with E-state index >= 15 is 0 Å². The maximum absolute atomic E-state index is 11.8. The molecule has 0 saturated carbocycles. The molecule has 0 N–H and O–H groups in total. The van der Waals surface area contributed by atoms with Crippen LogP contribution in [0.4, 0.5) is 4.79 Å². The molecule has 0 radical (unpaired) electrons. The molecule has 3 nitrogen and oxygen atoms in total. The topological polar surface area (TPSA) is 29.5 Å². The van der Waals surface area contributed by atoms with E-state index in [2.05, 4.69) is 15.9 Å². The number of amides is 1. The maximum Gasteiger partial charge on any atom is 0.410 e. The van der Waals surface area contributed by atoms with Gasteiger partial charge in [0.25, 0.3) is 0 Å². The van der Waals surface area contributed by atoms with Gasteiger partial charge in [0, 0.05) is 17.6 Å². The Hall–Kier alpha value is -1.03. The second kappa shape index (κ2) is 6.64. The van der Waals surface area contributed by atoms with Crippen molar-refractivity contribution in [3.8, 4) is 0 Å². The summed E-state index contributed by atoms with van der Waals surface area (Å²) in [4.78, 5) is 13.4. The molecular weight excluding hydrogens is 282 g/mol. The minimum absolute atomic E-state index is 0.226. The molecule has 1 amide bonds. The van der Waals surface area contributed by atoms with Crippen LogP contribution in [0.25, 0.3) is 0 Å². The molecule has 0 aliphatic carbocycles. The van der Waals surface area contributed by atoms with Crippen molar-refractivity contribution in [3.63, 3.8) is 0 Å². The molecule has 94 valence electrons. The Bertz CT molecular complexity index is 360. The molecule has 0 fully saturated rings. The third kappa shape index (κ3) is 4.04. The fourth-order valence-corrected chi connectivity index (χ4v) is 1.77. The van der Waals surface area contributed by atoms with Gasteiger partial charge in [0.1, 0.15) is 6.10 Å². The first-order chi connectivity index (χ1) is 8.08. The fourth-order valence-electron chi connectivity index (χ4n) is 1.51. The smallest absolute Gasteiger partial charge is 0.410 e. The van der Waals surface area contributed by atoms with Gasteiger partial charge in [0.05, 0.1) is 0 Å². The molecule has 0 saturated heterocycles. The minimum atomic E-state index is -0.259. The van der Waals surface area contributed by atoms with Gasteiger partial charge in [0.2, 0.25) is 0 Å². The molecule has 0 spiro atoms. The van der Waals surface area contributed by atoms with E-state index in [0.29, 0.717) is 13.1 Å². The first-order valence-corrected chi connectivity index (χ1v) is 6.58. The summed E-state index contributed by atoms with van der Waals surface area (Å²) in [6.45, 7) is 7.10. The lowest BCUT2D eigenvalue weighted by atomic mass is 10.1. The predicted molar refractivity (Wildman–Crippen MR) is 72.0 cm³/mol. The average molecular weight is 300 g/mol. The van der Waals surface area contributed by atoms with E-state index in [1.54, 1.807) is 4.90 Å². The molecule has 1 rings (SSSR count). The number of carbonyl (C=O) groups excluding carboxylic acids is 1. The van der Waals surface area contributed by atoms with Crippen molar-refractivity contribution in [3.05, 3.63) is 34.3 Å². The van der Waals surface area contributed by atoms with Gasteiger partial charge in [-0.15, -0.1) is 0 Å². The molecule has 17 heavy (non-hydrogen) atoms. The highest BCUT2D eigenvalue weighted by atomic mass is 79.9. The summed E-state index contributed by atoms with van der Waals surface area (Å²) in [5.41, 5.74) is 0.994. The zero-order chi connectivity index (χ0) is 12.8. The van der Waals surface area contributed by atoms with Gasteiger partial charge in [-0.25, -0.2) is 4.79 Å². The first kappa shape index (κ1) is 14.0. The Balaban J connectivity index is 2.62. The monoisotopic (exact) mass is 299 g/mol. The van der Waals surface area contributed by atoms with Crippen LogP contribution in [-0.4, -0.2) is 24.1 Å². The van der Waals surface area contributed by atoms with Crippen molar-refractivity contribution in [2.24, 2.45) is 0 Å². The lowest BCUT2D eigenvalue weighted by Gasteiger charge is -2.21. The van der Waals surface area contributed by atoms with Crippen LogP contribution in [0, 0.1) is 0 Å². The van der Waals surface area contributed by atoms with E-state index in [4.69, 9.17) is 4.74 Å². The van der Waals surface area contributed by atoms with E-state index in [1.807, 2.05) is 45.0 Å². The van der Waals surface area contributed by atoms with Crippen molar-refractivity contribution in [2.45, 2.75) is 26.9 Å². The normalized spacial score (nSPS) is 12.0. The molecule has 0 aromatic heterocycles. The molecule has 4 heteroatoms. The van der Waals surface area contributed by atoms with E-state index in [0.717, 1.165) is 10.0 Å². The van der Waals surface area contributed by atoms with E-state index < -0.39 is 0 Å². The van der Waals surface area contributed by atoms with Crippen molar-refractivity contribution in [2.75, 3.05) is 13.1 Å². The van der Waals surface area contributed by atoms with Crippen molar-refractivity contribution in [1.82, 2.24) is 4.90 Å². The van der Waals surface area contributed by atoms with Crippen molar-refractivity contribution < 1.29 is 9.53 Å². The Morgan fingerprint density at radius 1 is 1.29 bits per heavy atom. The van der Waals surface area contributed by atoms with Crippen LogP contribution < -0.4 is 0 Å². The van der Waals surface area contributed by atoms with Crippen LogP contribution in [0.15, 0.2) is 28.7 Å². The highest BCUT2D eigenvalue weighted by molar-refractivity contribution is 9.10. The lowest BCUT2D eigenvalue weighted by molar-refractivity contribution is 0.0726. The maximum atomic E-state index is 11.8. The number of hydrogen-bond donors (Lipinski definition) is 0. The van der Waals surface area contributed by atoms with Gasteiger partial charge in [0.15, 0.2) is 0 Å². The second-order valence-corrected chi connectivity index (χ2v) is 4.67. The third-order valence-corrected chi connectivity index (χ3v) is 3.17. The molecule has 1 aromatic rings. The average Bonchev–Trinajstić information content (AvgIpc) is 2.31. The summed E-state index contributed by atoms with van der Waals surface area (Å²) in [6.07, 6.45) is -0.485. The highest BCUT2D eigenvalue weighted by Gasteiger charge is 2.15. The number of halogens is 1.